The summed E-state index contributed by atoms with van der Waals surface area (Å²) in [5.41, 5.74) is 2.05. The predicted molar refractivity (Wildman–Crippen MR) is 97.5 cm³/mol. The van der Waals surface area contributed by atoms with Crippen molar-refractivity contribution in [3.8, 4) is 0 Å². The van der Waals surface area contributed by atoms with Gasteiger partial charge in [0.15, 0.2) is 0 Å². The second-order valence-electron chi connectivity index (χ2n) is 7.22. The Balaban J connectivity index is 1.72. The number of hydrogen-bond acceptors (Lipinski definition) is 4. The van der Waals surface area contributed by atoms with Crippen molar-refractivity contribution in [3.63, 3.8) is 0 Å². The molecule has 0 spiro atoms. The molecule has 5 heteroatoms. The van der Waals surface area contributed by atoms with Gasteiger partial charge in [-0.1, -0.05) is 30.7 Å². The molecule has 1 fully saturated rings. The van der Waals surface area contributed by atoms with Crippen molar-refractivity contribution in [2.24, 2.45) is 0 Å². The SMILES string of the molecule is CCOCC(O)CNC(=O)C1(N2CCCCC2)Cc2ccccc2C1. The first kappa shape index (κ1) is 18.4. The lowest BCUT2D eigenvalue weighted by atomic mass is 9.89. The first-order chi connectivity index (χ1) is 12.2. The minimum absolute atomic E-state index is 0.0427. The minimum atomic E-state index is -0.661. The number of likely N-dealkylation sites (tertiary alicyclic amines) is 1. The molecule has 1 aromatic carbocycles. The van der Waals surface area contributed by atoms with Gasteiger partial charge in [-0.2, -0.15) is 0 Å². The predicted octanol–water partition coefficient (Wildman–Crippen LogP) is 1.52. The summed E-state index contributed by atoms with van der Waals surface area (Å²) in [6.45, 7) is 4.91. The van der Waals surface area contributed by atoms with Crippen molar-refractivity contribution in [2.75, 3.05) is 32.8 Å². The van der Waals surface area contributed by atoms with Gasteiger partial charge in [-0.3, -0.25) is 9.69 Å². The molecule has 1 atom stereocenters. The van der Waals surface area contributed by atoms with Crippen LogP contribution < -0.4 is 5.32 Å². The van der Waals surface area contributed by atoms with Crippen molar-refractivity contribution >= 4 is 5.91 Å². The second kappa shape index (κ2) is 8.30. The Bertz CT molecular complexity index is 559. The number of nitrogens with one attached hydrogen (secondary N) is 1. The van der Waals surface area contributed by atoms with E-state index < -0.39 is 11.6 Å². The lowest BCUT2D eigenvalue weighted by Gasteiger charge is -2.42. The molecule has 0 radical (unpaired) electrons. The van der Waals surface area contributed by atoms with Crippen LogP contribution in [0.4, 0.5) is 0 Å². The van der Waals surface area contributed by atoms with Gasteiger partial charge >= 0.3 is 0 Å². The summed E-state index contributed by atoms with van der Waals surface area (Å²) in [7, 11) is 0. The number of fused-ring (bicyclic) bond motifs is 1. The average Bonchev–Trinajstić information content (AvgIpc) is 3.06. The molecule has 1 aliphatic carbocycles. The highest BCUT2D eigenvalue weighted by Crippen LogP contribution is 2.36. The van der Waals surface area contributed by atoms with Gasteiger partial charge in [0.25, 0.3) is 0 Å². The Kier molecular flexibility index (Phi) is 6.10. The highest BCUT2D eigenvalue weighted by molar-refractivity contribution is 5.88. The third-order valence-corrected chi connectivity index (χ3v) is 5.48. The highest BCUT2D eigenvalue weighted by Gasteiger charge is 2.48. The van der Waals surface area contributed by atoms with Crippen molar-refractivity contribution in [1.82, 2.24) is 10.2 Å². The lowest BCUT2D eigenvalue weighted by molar-refractivity contribution is -0.134. The van der Waals surface area contributed by atoms with Crippen LogP contribution in [-0.2, 0) is 22.4 Å². The lowest BCUT2D eigenvalue weighted by Crippen LogP contribution is -2.61. The van der Waals surface area contributed by atoms with Gasteiger partial charge in [0.2, 0.25) is 5.91 Å². The summed E-state index contributed by atoms with van der Waals surface area (Å²) in [4.78, 5) is 15.6. The zero-order chi connectivity index (χ0) is 17.7. The monoisotopic (exact) mass is 346 g/mol. The Morgan fingerprint density at radius 2 is 1.88 bits per heavy atom. The quantitative estimate of drug-likeness (QED) is 0.786. The summed E-state index contributed by atoms with van der Waals surface area (Å²) in [5, 5.41) is 13.0. The van der Waals surface area contributed by atoms with Crippen LogP contribution in [0.1, 0.15) is 37.3 Å². The average molecular weight is 346 g/mol. The number of hydrogen-bond donors (Lipinski definition) is 2. The summed E-state index contributed by atoms with van der Waals surface area (Å²) in [6.07, 6.45) is 4.41. The van der Waals surface area contributed by atoms with Gasteiger partial charge in [-0.15, -0.1) is 0 Å². The van der Waals surface area contributed by atoms with E-state index in [4.69, 9.17) is 4.74 Å². The van der Waals surface area contributed by atoms with Crippen LogP contribution in [0.3, 0.4) is 0 Å². The maximum Gasteiger partial charge on any atom is 0.241 e. The topological polar surface area (TPSA) is 61.8 Å². The largest absolute Gasteiger partial charge is 0.389 e. The van der Waals surface area contributed by atoms with Gasteiger partial charge in [0.05, 0.1) is 12.7 Å². The first-order valence-corrected chi connectivity index (χ1v) is 9.51. The molecule has 3 rings (SSSR count). The molecule has 1 aliphatic heterocycles. The standard InChI is InChI=1S/C20H30N2O3/c1-2-25-15-18(23)14-21-19(24)20(22-10-6-3-7-11-22)12-16-8-4-5-9-17(16)13-20/h4-5,8-9,18,23H,2-3,6-7,10-15H2,1H3,(H,21,24). The number of rotatable bonds is 7. The highest BCUT2D eigenvalue weighted by atomic mass is 16.5. The molecule has 1 heterocycles. The van der Waals surface area contributed by atoms with Gasteiger partial charge in [-0.25, -0.2) is 0 Å². The molecule has 138 valence electrons. The van der Waals surface area contributed by atoms with Crippen LogP contribution in [0, 0.1) is 0 Å². The van der Waals surface area contributed by atoms with Crippen molar-refractivity contribution < 1.29 is 14.6 Å². The Morgan fingerprint density at radius 1 is 1.24 bits per heavy atom. The minimum Gasteiger partial charge on any atom is -0.389 e. The number of carbonyl (C=O) groups is 1. The number of aliphatic hydroxyl groups excluding tert-OH is 1. The molecule has 0 aromatic heterocycles. The third-order valence-electron chi connectivity index (χ3n) is 5.48. The summed E-state index contributed by atoms with van der Waals surface area (Å²) in [5.74, 6) is 0.0427. The van der Waals surface area contributed by atoms with E-state index in [2.05, 4.69) is 34.5 Å². The number of piperidine rings is 1. The molecule has 0 saturated carbocycles. The zero-order valence-corrected chi connectivity index (χ0v) is 15.2. The zero-order valence-electron chi connectivity index (χ0n) is 15.2. The van der Waals surface area contributed by atoms with E-state index >= 15 is 0 Å². The number of amides is 1. The van der Waals surface area contributed by atoms with Crippen LogP contribution >= 0.6 is 0 Å². The Labute approximate surface area is 150 Å². The van der Waals surface area contributed by atoms with E-state index in [0.717, 1.165) is 38.8 Å². The molecule has 0 bridgehead atoms. The van der Waals surface area contributed by atoms with Gasteiger partial charge in [0.1, 0.15) is 5.54 Å². The first-order valence-electron chi connectivity index (χ1n) is 9.51. The second-order valence-corrected chi connectivity index (χ2v) is 7.22. The summed E-state index contributed by atoms with van der Waals surface area (Å²) < 4.78 is 5.23. The smallest absolute Gasteiger partial charge is 0.241 e. The Hall–Kier alpha value is -1.43. The normalized spacial score (nSPS) is 20.9. The van der Waals surface area contributed by atoms with E-state index in [-0.39, 0.29) is 19.1 Å². The van der Waals surface area contributed by atoms with E-state index in [9.17, 15) is 9.90 Å². The molecular weight excluding hydrogens is 316 g/mol. The maximum absolute atomic E-state index is 13.2. The fourth-order valence-corrected chi connectivity index (χ4v) is 4.13. The van der Waals surface area contributed by atoms with Gasteiger partial charge in [0, 0.05) is 26.0 Å². The number of benzene rings is 1. The fraction of sp³-hybridized carbons (Fsp3) is 0.650. The van der Waals surface area contributed by atoms with Gasteiger partial charge < -0.3 is 15.2 Å². The van der Waals surface area contributed by atoms with Gasteiger partial charge in [-0.05, 0) is 44.0 Å². The number of nitrogens with zero attached hydrogens (tertiary/aromatic N) is 1. The summed E-state index contributed by atoms with van der Waals surface area (Å²) >= 11 is 0. The molecule has 1 saturated heterocycles. The molecule has 1 aromatic rings. The van der Waals surface area contributed by atoms with E-state index in [1.807, 2.05) is 6.92 Å². The molecule has 25 heavy (non-hydrogen) atoms. The molecule has 1 unspecified atom stereocenters. The molecule has 2 N–H and O–H groups in total. The third kappa shape index (κ3) is 4.05. The summed E-state index contributed by atoms with van der Waals surface area (Å²) in [6, 6.07) is 8.38. The molecule has 2 aliphatic rings. The van der Waals surface area contributed by atoms with E-state index in [0.29, 0.717) is 6.61 Å². The van der Waals surface area contributed by atoms with E-state index in [1.54, 1.807) is 0 Å². The fourth-order valence-electron chi connectivity index (χ4n) is 4.13. The van der Waals surface area contributed by atoms with Crippen molar-refractivity contribution in [3.05, 3.63) is 35.4 Å². The molecule has 5 nitrogen and oxygen atoms in total. The molecule has 1 amide bonds. The molecular formula is C20H30N2O3. The maximum atomic E-state index is 13.2. The van der Waals surface area contributed by atoms with Crippen LogP contribution in [0.25, 0.3) is 0 Å². The number of carbonyl (C=O) groups excluding carboxylic acids is 1. The van der Waals surface area contributed by atoms with Crippen LogP contribution in [0.5, 0.6) is 0 Å². The van der Waals surface area contributed by atoms with Crippen molar-refractivity contribution in [1.29, 1.82) is 0 Å². The van der Waals surface area contributed by atoms with Crippen LogP contribution in [0.2, 0.25) is 0 Å². The number of aliphatic hydroxyl groups is 1. The van der Waals surface area contributed by atoms with Crippen LogP contribution in [0.15, 0.2) is 24.3 Å². The number of ether oxygens (including phenoxy) is 1. The van der Waals surface area contributed by atoms with Crippen molar-refractivity contribution in [2.45, 2.75) is 50.7 Å². The Morgan fingerprint density at radius 3 is 2.48 bits per heavy atom. The van der Waals surface area contributed by atoms with Crippen LogP contribution in [-0.4, -0.2) is 60.4 Å². The van der Waals surface area contributed by atoms with E-state index in [1.165, 1.54) is 17.5 Å².